The SMILES string of the molecule is C1=CON(/C=C/c2ccccc2)C1. The highest BCUT2D eigenvalue weighted by Gasteiger charge is 1.99. The van der Waals surface area contributed by atoms with Crippen LogP contribution in [-0.4, -0.2) is 11.6 Å². The molecular formula is C11H11NO. The van der Waals surface area contributed by atoms with E-state index in [0.29, 0.717) is 0 Å². The summed E-state index contributed by atoms with van der Waals surface area (Å²) >= 11 is 0. The molecule has 0 radical (unpaired) electrons. The van der Waals surface area contributed by atoms with Gasteiger partial charge >= 0.3 is 0 Å². The first-order valence-corrected chi connectivity index (χ1v) is 4.27. The first-order valence-electron chi connectivity index (χ1n) is 4.27. The second kappa shape index (κ2) is 3.81. The Morgan fingerprint density at radius 2 is 2.08 bits per heavy atom. The number of hydrogen-bond donors (Lipinski definition) is 0. The number of rotatable bonds is 2. The van der Waals surface area contributed by atoms with E-state index in [1.165, 1.54) is 5.56 Å². The zero-order chi connectivity index (χ0) is 8.93. The molecule has 0 saturated carbocycles. The molecule has 0 bridgehead atoms. The van der Waals surface area contributed by atoms with Crippen LogP contribution in [0, 0.1) is 0 Å². The Morgan fingerprint density at radius 3 is 2.77 bits per heavy atom. The Labute approximate surface area is 77.7 Å². The molecule has 1 aliphatic heterocycles. The lowest BCUT2D eigenvalue weighted by atomic mass is 10.2. The Kier molecular flexibility index (Phi) is 2.32. The van der Waals surface area contributed by atoms with Gasteiger partial charge in [-0.3, -0.25) is 0 Å². The minimum atomic E-state index is 0.823. The van der Waals surface area contributed by atoms with Crippen molar-refractivity contribution in [3.05, 3.63) is 54.4 Å². The molecule has 1 aliphatic rings. The average Bonchev–Trinajstić information content (AvgIpc) is 2.69. The van der Waals surface area contributed by atoms with Crippen LogP contribution in [0.2, 0.25) is 0 Å². The van der Waals surface area contributed by atoms with Gasteiger partial charge in [0.25, 0.3) is 0 Å². The van der Waals surface area contributed by atoms with E-state index in [1.807, 2.05) is 36.6 Å². The quantitative estimate of drug-likeness (QED) is 0.681. The number of hydroxylamine groups is 2. The van der Waals surface area contributed by atoms with Crippen LogP contribution < -0.4 is 0 Å². The Hall–Kier alpha value is -1.70. The van der Waals surface area contributed by atoms with Crippen molar-refractivity contribution < 1.29 is 4.84 Å². The van der Waals surface area contributed by atoms with Gasteiger partial charge in [-0.1, -0.05) is 30.3 Å². The topological polar surface area (TPSA) is 12.5 Å². The molecule has 0 N–H and O–H groups in total. The van der Waals surface area contributed by atoms with Crippen LogP contribution in [0.1, 0.15) is 5.56 Å². The Balaban J connectivity index is 1.97. The molecule has 66 valence electrons. The van der Waals surface area contributed by atoms with E-state index in [1.54, 1.807) is 11.3 Å². The number of benzene rings is 1. The van der Waals surface area contributed by atoms with Crippen LogP contribution in [0.3, 0.4) is 0 Å². The summed E-state index contributed by atoms with van der Waals surface area (Å²) in [5, 5.41) is 1.77. The van der Waals surface area contributed by atoms with Gasteiger partial charge in [-0.15, -0.1) is 0 Å². The summed E-state index contributed by atoms with van der Waals surface area (Å²) in [6.45, 7) is 0.823. The van der Waals surface area contributed by atoms with E-state index in [0.717, 1.165) is 6.54 Å². The van der Waals surface area contributed by atoms with Gasteiger partial charge in [0, 0.05) is 6.20 Å². The zero-order valence-electron chi connectivity index (χ0n) is 7.26. The van der Waals surface area contributed by atoms with Crippen LogP contribution in [0.15, 0.2) is 48.9 Å². The predicted molar refractivity (Wildman–Crippen MR) is 52.4 cm³/mol. The normalized spacial score (nSPS) is 15.2. The fourth-order valence-electron chi connectivity index (χ4n) is 1.14. The van der Waals surface area contributed by atoms with Gasteiger partial charge in [-0.2, -0.15) is 0 Å². The molecule has 1 aromatic carbocycles. The van der Waals surface area contributed by atoms with Crippen molar-refractivity contribution in [3.63, 3.8) is 0 Å². The lowest BCUT2D eigenvalue weighted by molar-refractivity contribution is -0.0251. The van der Waals surface area contributed by atoms with Crippen molar-refractivity contribution in [3.8, 4) is 0 Å². The predicted octanol–water partition coefficient (Wildman–Crippen LogP) is 2.42. The summed E-state index contributed by atoms with van der Waals surface area (Å²) in [6.07, 6.45) is 7.60. The molecular weight excluding hydrogens is 162 g/mol. The number of nitrogens with zero attached hydrogens (tertiary/aromatic N) is 1. The zero-order valence-corrected chi connectivity index (χ0v) is 7.26. The molecule has 1 heterocycles. The van der Waals surface area contributed by atoms with Crippen LogP contribution in [0.4, 0.5) is 0 Å². The minimum absolute atomic E-state index is 0.823. The van der Waals surface area contributed by atoms with Crippen molar-refractivity contribution in [2.75, 3.05) is 6.54 Å². The van der Waals surface area contributed by atoms with E-state index in [-0.39, 0.29) is 0 Å². The molecule has 1 aromatic rings. The van der Waals surface area contributed by atoms with Gasteiger partial charge in [0.2, 0.25) is 0 Å². The maximum absolute atomic E-state index is 5.14. The average molecular weight is 173 g/mol. The van der Waals surface area contributed by atoms with E-state index in [9.17, 15) is 0 Å². The first kappa shape index (κ1) is 7.92. The van der Waals surface area contributed by atoms with Crippen molar-refractivity contribution in [1.82, 2.24) is 5.06 Å². The first-order chi connectivity index (χ1) is 6.45. The Morgan fingerprint density at radius 1 is 1.23 bits per heavy atom. The highest BCUT2D eigenvalue weighted by molar-refractivity contribution is 5.48. The molecule has 0 aliphatic carbocycles. The van der Waals surface area contributed by atoms with Gasteiger partial charge in [0.1, 0.15) is 6.26 Å². The molecule has 0 saturated heterocycles. The van der Waals surface area contributed by atoms with Crippen LogP contribution in [0.5, 0.6) is 0 Å². The molecule has 0 spiro atoms. The summed E-state index contributed by atoms with van der Waals surface area (Å²) in [6, 6.07) is 10.1. The molecule has 0 atom stereocenters. The van der Waals surface area contributed by atoms with Gasteiger partial charge in [0.15, 0.2) is 0 Å². The summed E-state index contributed by atoms with van der Waals surface area (Å²) in [7, 11) is 0. The van der Waals surface area contributed by atoms with Crippen molar-refractivity contribution in [2.45, 2.75) is 0 Å². The third-order valence-corrected chi connectivity index (χ3v) is 1.81. The van der Waals surface area contributed by atoms with Gasteiger partial charge in [-0.25, -0.2) is 5.06 Å². The second-order valence-corrected chi connectivity index (χ2v) is 2.80. The maximum atomic E-state index is 5.14. The van der Waals surface area contributed by atoms with Crippen molar-refractivity contribution >= 4 is 6.08 Å². The molecule has 0 amide bonds. The molecule has 0 aromatic heterocycles. The third kappa shape index (κ3) is 2.12. The molecule has 2 rings (SSSR count). The number of hydrogen-bond acceptors (Lipinski definition) is 2. The lowest BCUT2D eigenvalue weighted by Crippen LogP contribution is -2.08. The molecule has 2 nitrogen and oxygen atoms in total. The molecule has 13 heavy (non-hydrogen) atoms. The highest BCUT2D eigenvalue weighted by Crippen LogP contribution is 2.06. The van der Waals surface area contributed by atoms with Crippen LogP contribution in [-0.2, 0) is 4.84 Å². The molecule has 2 heteroatoms. The summed E-state index contributed by atoms with van der Waals surface area (Å²) in [5.41, 5.74) is 1.18. The van der Waals surface area contributed by atoms with E-state index in [4.69, 9.17) is 4.84 Å². The van der Waals surface area contributed by atoms with Gasteiger partial charge < -0.3 is 4.84 Å². The van der Waals surface area contributed by atoms with Crippen LogP contribution in [0.25, 0.3) is 6.08 Å². The summed E-state index contributed by atoms with van der Waals surface area (Å²) in [4.78, 5) is 5.14. The molecule has 0 unspecified atom stereocenters. The fraction of sp³-hybridized carbons (Fsp3) is 0.0909. The van der Waals surface area contributed by atoms with Crippen molar-refractivity contribution in [1.29, 1.82) is 0 Å². The third-order valence-electron chi connectivity index (χ3n) is 1.81. The van der Waals surface area contributed by atoms with E-state index >= 15 is 0 Å². The van der Waals surface area contributed by atoms with Crippen LogP contribution >= 0.6 is 0 Å². The van der Waals surface area contributed by atoms with E-state index in [2.05, 4.69) is 12.1 Å². The summed E-state index contributed by atoms with van der Waals surface area (Å²) in [5.74, 6) is 0. The highest BCUT2D eigenvalue weighted by atomic mass is 16.7. The maximum Gasteiger partial charge on any atom is 0.117 e. The largest absolute Gasteiger partial charge is 0.388 e. The monoisotopic (exact) mass is 173 g/mol. The Bertz CT molecular complexity index is 308. The molecule has 0 fully saturated rings. The minimum Gasteiger partial charge on any atom is -0.388 e. The van der Waals surface area contributed by atoms with E-state index < -0.39 is 0 Å². The van der Waals surface area contributed by atoms with Gasteiger partial charge in [-0.05, 0) is 17.7 Å². The fourth-order valence-corrected chi connectivity index (χ4v) is 1.14. The lowest BCUT2D eigenvalue weighted by Gasteiger charge is -2.09. The second-order valence-electron chi connectivity index (χ2n) is 2.80. The summed E-state index contributed by atoms with van der Waals surface area (Å²) < 4.78 is 0. The van der Waals surface area contributed by atoms with Gasteiger partial charge in [0.05, 0.1) is 6.54 Å². The van der Waals surface area contributed by atoms with Crippen molar-refractivity contribution in [2.24, 2.45) is 0 Å². The standard InChI is InChI=1S/C11H11NO/c1-2-5-11(6-3-1)7-9-12-8-4-10-13-12/h1-7,9-10H,8H2/b9-7+. The smallest absolute Gasteiger partial charge is 0.117 e.